The molecule has 0 aliphatic carbocycles. The van der Waals surface area contributed by atoms with Gasteiger partial charge in [-0.3, -0.25) is 0 Å². The monoisotopic (exact) mass is 344 g/mol. The Labute approximate surface area is 121 Å². The van der Waals surface area contributed by atoms with Crippen molar-refractivity contribution in [3.8, 4) is 11.5 Å². The molecule has 98 valence electrons. The Hall–Kier alpha value is -1.59. The minimum Gasteiger partial charge on any atom is -0.478 e. The van der Waals surface area contributed by atoms with E-state index in [1.807, 2.05) is 0 Å². The summed E-state index contributed by atoms with van der Waals surface area (Å²) in [5, 5.41) is 8.86. The van der Waals surface area contributed by atoms with Gasteiger partial charge in [-0.25, -0.2) is 9.18 Å². The number of carboxylic acids is 1. The lowest BCUT2D eigenvalue weighted by molar-refractivity contribution is 0.0697. The van der Waals surface area contributed by atoms with Crippen molar-refractivity contribution in [3.05, 3.63) is 57.3 Å². The van der Waals surface area contributed by atoms with Crippen LogP contribution in [-0.4, -0.2) is 11.1 Å². The molecule has 2 rings (SSSR count). The van der Waals surface area contributed by atoms with Crippen molar-refractivity contribution in [2.24, 2.45) is 0 Å². The highest BCUT2D eigenvalue weighted by Crippen LogP contribution is 2.29. The van der Waals surface area contributed by atoms with Crippen LogP contribution >= 0.6 is 27.5 Å². The largest absolute Gasteiger partial charge is 0.478 e. The van der Waals surface area contributed by atoms with E-state index in [0.717, 1.165) is 0 Å². The minimum absolute atomic E-state index is 0.0299. The summed E-state index contributed by atoms with van der Waals surface area (Å²) < 4.78 is 19.5. The van der Waals surface area contributed by atoms with Crippen LogP contribution in [0.15, 0.2) is 40.9 Å². The second-order valence-corrected chi connectivity index (χ2v) is 4.95. The van der Waals surface area contributed by atoms with Crippen LogP contribution in [0.3, 0.4) is 0 Å². The van der Waals surface area contributed by atoms with Crippen LogP contribution in [0.4, 0.5) is 4.39 Å². The summed E-state index contributed by atoms with van der Waals surface area (Å²) in [6.07, 6.45) is 0. The molecule has 0 saturated heterocycles. The fourth-order valence-electron chi connectivity index (χ4n) is 1.42. The Kier molecular flexibility index (Phi) is 4.07. The minimum atomic E-state index is -1.13. The highest BCUT2D eigenvalue weighted by molar-refractivity contribution is 9.10. The molecule has 0 saturated carbocycles. The van der Waals surface area contributed by atoms with Crippen molar-refractivity contribution >= 4 is 33.5 Å². The number of carboxylic acid groups (broad SMARTS) is 1. The molecule has 3 nitrogen and oxygen atoms in total. The van der Waals surface area contributed by atoms with Gasteiger partial charge in [0.15, 0.2) is 11.6 Å². The van der Waals surface area contributed by atoms with Crippen LogP contribution in [-0.2, 0) is 0 Å². The SMILES string of the molecule is O=C(O)c1ccc(Oc2ccc(Br)cc2F)cc1Cl. The van der Waals surface area contributed by atoms with Gasteiger partial charge in [0.1, 0.15) is 5.75 Å². The maximum absolute atomic E-state index is 13.6. The highest BCUT2D eigenvalue weighted by atomic mass is 79.9. The van der Waals surface area contributed by atoms with Crippen molar-refractivity contribution in [1.82, 2.24) is 0 Å². The summed E-state index contributed by atoms with van der Waals surface area (Å²) in [7, 11) is 0. The molecule has 1 N–H and O–H groups in total. The summed E-state index contributed by atoms with van der Waals surface area (Å²) in [4.78, 5) is 10.8. The molecule has 2 aromatic rings. The van der Waals surface area contributed by atoms with Gasteiger partial charge in [-0.2, -0.15) is 0 Å². The number of carbonyl (C=O) groups is 1. The van der Waals surface area contributed by atoms with Crippen molar-refractivity contribution < 1.29 is 19.0 Å². The lowest BCUT2D eigenvalue weighted by Gasteiger charge is -2.08. The fraction of sp³-hybridized carbons (Fsp3) is 0. The number of halogens is 3. The highest BCUT2D eigenvalue weighted by Gasteiger charge is 2.11. The van der Waals surface area contributed by atoms with Crippen LogP contribution < -0.4 is 4.74 Å². The van der Waals surface area contributed by atoms with Crippen LogP contribution in [0.2, 0.25) is 5.02 Å². The third kappa shape index (κ3) is 3.24. The van der Waals surface area contributed by atoms with Gasteiger partial charge in [-0.15, -0.1) is 0 Å². The zero-order valence-corrected chi connectivity index (χ0v) is 11.7. The average molecular weight is 346 g/mol. The standard InChI is InChI=1S/C13H7BrClFO3/c14-7-1-4-12(11(16)5-7)19-8-2-3-9(13(17)18)10(15)6-8/h1-6H,(H,17,18). The van der Waals surface area contributed by atoms with Gasteiger partial charge in [-0.05, 0) is 30.3 Å². The Morgan fingerprint density at radius 3 is 2.58 bits per heavy atom. The topological polar surface area (TPSA) is 46.5 Å². The molecule has 0 fully saturated rings. The normalized spacial score (nSPS) is 10.3. The van der Waals surface area contributed by atoms with E-state index in [9.17, 15) is 9.18 Å². The van der Waals surface area contributed by atoms with E-state index in [0.29, 0.717) is 4.47 Å². The molecule has 0 radical (unpaired) electrons. The van der Waals surface area contributed by atoms with Crippen LogP contribution in [0.5, 0.6) is 11.5 Å². The van der Waals surface area contributed by atoms with E-state index < -0.39 is 11.8 Å². The molecule has 0 heterocycles. The number of aromatic carboxylic acids is 1. The zero-order chi connectivity index (χ0) is 14.0. The molecule has 0 spiro atoms. The number of hydrogen-bond donors (Lipinski definition) is 1. The molecule has 0 amide bonds. The second-order valence-electron chi connectivity index (χ2n) is 3.62. The van der Waals surface area contributed by atoms with Crippen LogP contribution in [0.25, 0.3) is 0 Å². The summed E-state index contributed by atoms with van der Waals surface area (Å²) in [6, 6.07) is 8.40. The Morgan fingerprint density at radius 1 is 1.26 bits per heavy atom. The maximum Gasteiger partial charge on any atom is 0.337 e. The number of benzene rings is 2. The van der Waals surface area contributed by atoms with E-state index in [2.05, 4.69) is 15.9 Å². The van der Waals surface area contributed by atoms with E-state index in [-0.39, 0.29) is 22.1 Å². The summed E-state index contributed by atoms with van der Waals surface area (Å²) >= 11 is 8.93. The van der Waals surface area contributed by atoms with Crippen molar-refractivity contribution in [2.75, 3.05) is 0 Å². The molecule has 0 aliphatic heterocycles. The molecule has 0 aliphatic rings. The van der Waals surface area contributed by atoms with Crippen molar-refractivity contribution in [3.63, 3.8) is 0 Å². The third-order valence-electron chi connectivity index (χ3n) is 2.29. The smallest absolute Gasteiger partial charge is 0.337 e. The van der Waals surface area contributed by atoms with E-state index in [1.54, 1.807) is 6.07 Å². The third-order valence-corrected chi connectivity index (χ3v) is 3.10. The quantitative estimate of drug-likeness (QED) is 0.874. The van der Waals surface area contributed by atoms with E-state index in [1.165, 1.54) is 30.3 Å². The van der Waals surface area contributed by atoms with Crippen molar-refractivity contribution in [2.45, 2.75) is 0 Å². The predicted molar refractivity (Wildman–Crippen MR) is 72.6 cm³/mol. The van der Waals surface area contributed by atoms with Gasteiger partial charge >= 0.3 is 5.97 Å². The first-order valence-corrected chi connectivity index (χ1v) is 6.30. The molecule has 6 heteroatoms. The second kappa shape index (κ2) is 5.59. The first-order chi connectivity index (χ1) is 8.97. The van der Waals surface area contributed by atoms with Gasteiger partial charge in [-0.1, -0.05) is 27.5 Å². The summed E-state index contributed by atoms with van der Waals surface area (Å²) in [6.45, 7) is 0. The molecule has 2 aromatic carbocycles. The summed E-state index contributed by atoms with van der Waals surface area (Å²) in [5.74, 6) is -1.38. The number of ether oxygens (including phenoxy) is 1. The predicted octanol–water partition coefficient (Wildman–Crippen LogP) is 4.73. The molecule has 0 aromatic heterocycles. The van der Waals surface area contributed by atoms with Gasteiger partial charge in [0.25, 0.3) is 0 Å². The molecular formula is C13H7BrClFO3. The Balaban J connectivity index is 2.29. The first kappa shape index (κ1) is 13.8. The van der Waals surface area contributed by atoms with Gasteiger partial charge in [0, 0.05) is 10.5 Å². The van der Waals surface area contributed by atoms with Crippen molar-refractivity contribution in [1.29, 1.82) is 0 Å². The van der Waals surface area contributed by atoms with Gasteiger partial charge < -0.3 is 9.84 Å². The molecule has 19 heavy (non-hydrogen) atoms. The number of rotatable bonds is 3. The number of hydrogen-bond acceptors (Lipinski definition) is 2. The first-order valence-electron chi connectivity index (χ1n) is 5.13. The van der Waals surface area contributed by atoms with Gasteiger partial charge in [0.05, 0.1) is 10.6 Å². The average Bonchev–Trinajstić information content (AvgIpc) is 2.32. The maximum atomic E-state index is 13.6. The lowest BCUT2D eigenvalue weighted by atomic mass is 10.2. The molecule has 0 unspecified atom stereocenters. The molecule has 0 atom stereocenters. The fourth-order valence-corrected chi connectivity index (χ4v) is 2.00. The lowest BCUT2D eigenvalue weighted by Crippen LogP contribution is -1.97. The van der Waals surface area contributed by atoms with Crippen LogP contribution in [0.1, 0.15) is 10.4 Å². The zero-order valence-electron chi connectivity index (χ0n) is 9.36. The van der Waals surface area contributed by atoms with Gasteiger partial charge in [0.2, 0.25) is 0 Å². The Bertz CT molecular complexity index is 646. The molecule has 0 bridgehead atoms. The van der Waals surface area contributed by atoms with Crippen LogP contribution in [0, 0.1) is 5.82 Å². The molecular weight excluding hydrogens is 338 g/mol. The van der Waals surface area contributed by atoms with E-state index in [4.69, 9.17) is 21.4 Å². The van der Waals surface area contributed by atoms with E-state index >= 15 is 0 Å². The summed E-state index contributed by atoms with van der Waals surface area (Å²) in [5.41, 5.74) is -0.0368. The Morgan fingerprint density at radius 2 is 2.00 bits per heavy atom.